The smallest absolute Gasteiger partial charge is 0.0784 e. The van der Waals surface area contributed by atoms with Crippen LogP contribution in [0, 0.1) is 6.07 Å². The molecule has 0 unspecified atom stereocenters. The molecule has 2 aromatic carbocycles. The number of hydrogen-bond acceptors (Lipinski definition) is 0. The van der Waals surface area contributed by atoms with Crippen molar-refractivity contribution in [1.29, 1.82) is 0 Å². The van der Waals surface area contributed by atoms with Crippen molar-refractivity contribution < 1.29 is 0 Å². The van der Waals surface area contributed by atoms with Crippen molar-refractivity contribution in [2.24, 2.45) is 0 Å². The Morgan fingerprint density at radius 1 is 0.941 bits per heavy atom. The third-order valence-electron chi connectivity index (χ3n) is 3.01. The molecule has 0 bridgehead atoms. The highest BCUT2D eigenvalue weighted by atomic mass is 35.6. The average molecular weight is 283 g/mol. The summed E-state index contributed by atoms with van der Waals surface area (Å²) in [6.07, 6.45) is 0.861. The van der Waals surface area contributed by atoms with Crippen LogP contribution in [0.3, 0.4) is 0 Å². The molecule has 17 heavy (non-hydrogen) atoms. The van der Waals surface area contributed by atoms with Crippen molar-refractivity contribution in [1.82, 2.24) is 0 Å². The lowest BCUT2D eigenvalue weighted by Crippen LogP contribution is -2.01. The highest BCUT2D eigenvalue weighted by Gasteiger charge is 2.26. The van der Waals surface area contributed by atoms with Gasteiger partial charge in [0.05, 0.1) is 0 Å². The molecule has 1 aliphatic carbocycles. The SMILES string of the molecule is ClC(Cl)(Cl)c1[c]c2c(cc1)-c1ccccc1C2. The third-order valence-corrected chi connectivity index (χ3v) is 3.62. The molecule has 1 radical (unpaired) electrons. The minimum Gasteiger partial charge on any atom is -0.0784 e. The van der Waals surface area contributed by atoms with Crippen LogP contribution in [0.1, 0.15) is 16.7 Å². The molecule has 2 aromatic rings. The van der Waals surface area contributed by atoms with E-state index in [1.54, 1.807) is 0 Å². The van der Waals surface area contributed by atoms with Crippen LogP contribution in [0.25, 0.3) is 11.1 Å². The van der Waals surface area contributed by atoms with Crippen LogP contribution in [0.2, 0.25) is 0 Å². The molecule has 1 aliphatic rings. The van der Waals surface area contributed by atoms with E-state index < -0.39 is 3.79 Å². The number of fused-ring (bicyclic) bond motifs is 3. The van der Waals surface area contributed by atoms with Gasteiger partial charge in [-0.15, -0.1) is 0 Å². The molecule has 0 fully saturated rings. The zero-order valence-electron chi connectivity index (χ0n) is 8.81. The second kappa shape index (κ2) is 3.91. The molecule has 85 valence electrons. The molecule has 3 heteroatoms. The summed E-state index contributed by atoms with van der Waals surface area (Å²) in [5.41, 5.74) is 5.47. The summed E-state index contributed by atoms with van der Waals surface area (Å²) >= 11 is 17.6. The molecule has 0 aromatic heterocycles. The van der Waals surface area contributed by atoms with Crippen LogP contribution in [0.5, 0.6) is 0 Å². The molecule has 0 saturated heterocycles. The van der Waals surface area contributed by atoms with Crippen molar-refractivity contribution in [2.75, 3.05) is 0 Å². The van der Waals surface area contributed by atoms with Crippen molar-refractivity contribution in [2.45, 2.75) is 10.2 Å². The van der Waals surface area contributed by atoms with Gasteiger partial charge >= 0.3 is 0 Å². The Morgan fingerprint density at radius 2 is 1.71 bits per heavy atom. The van der Waals surface area contributed by atoms with Gasteiger partial charge in [-0.2, -0.15) is 0 Å². The first-order chi connectivity index (χ1) is 8.05. The van der Waals surface area contributed by atoms with Gasteiger partial charge in [0.1, 0.15) is 0 Å². The van der Waals surface area contributed by atoms with Gasteiger partial charge in [-0.05, 0) is 34.7 Å². The van der Waals surface area contributed by atoms with Gasteiger partial charge in [0.15, 0.2) is 0 Å². The maximum atomic E-state index is 5.87. The quantitative estimate of drug-likeness (QED) is 0.515. The Hall–Kier alpha value is -0.690. The van der Waals surface area contributed by atoms with Gasteiger partial charge in [0, 0.05) is 5.56 Å². The van der Waals surface area contributed by atoms with Crippen LogP contribution in [-0.4, -0.2) is 0 Å². The summed E-state index contributed by atoms with van der Waals surface area (Å²) in [5.74, 6) is 0. The summed E-state index contributed by atoms with van der Waals surface area (Å²) in [4.78, 5) is 0. The number of halogens is 3. The van der Waals surface area contributed by atoms with Gasteiger partial charge in [-0.1, -0.05) is 71.2 Å². The van der Waals surface area contributed by atoms with Crippen LogP contribution in [0.4, 0.5) is 0 Å². The van der Waals surface area contributed by atoms with Crippen molar-refractivity contribution in [3.8, 4) is 11.1 Å². The molecular weight excluding hydrogens is 275 g/mol. The highest BCUT2D eigenvalue weighted by molar-refractivity contribution is 6.66. The third kappa shape index (κ3) is 1.95. The molecule has 0 spiro atoms. The van der Waals surface area contributed by atoms with Crippen molar-refractivity contribution >= 4 is 34.8 Å². The molecule has 0 atom stereocenters. The van der Waals surface area contributed by atoms with Gasteiger partial charge in [0.2, 0.25) is 3.79 Å². The van der Waals surface area contributed by atoms with Gasteiger partial charge in [-0.3, -0.25) is 0 Å². The van der Waals surface area contributed by atoms with E-state index in [1.807, 2.05) is 24.3 Å². The molecule has 0 N–H and O–H groups in total. The normalized spacial score (nSPS) is 13.4. The van der Waals surface area contributed by atoms with Gasteiger partial charge in [0.25, 0.3) is 0 Å². The predicted octanol–water partition coefficient (Wildman–Crippen LogP) is 4.88. The molecule has 0 aliphatic heterocycles. The summed E-state index contributed by atoms with van der Waals surface area (Å²) in [5, 5.41) is 0. The minimum absolute atomic E-state index is 0.606. The van der Waals surface area contributed by atoms with E-state index in [0.717, 1.165) is 12.0 Å². The van der Waals surface area contributed by atoms with Gasteiger partial charge < -0.3 is 0 Å². The van der Waals surface area contributed by atoms with E-state index in [2.05, 4.69) is 18.2 Å². The van der Waals surface area contributed by atoms with Crippen LogP contribution in [0.15, 0.2) is 36.4 Å². The fourth-order valence-electron chi connectivity index (χ4n) is 2.22. The van der Waals surface area contributed by atoms with E-state index in [1.165, 1.54) is 16.7 Å². The van der Waals surface area contributed by atoms with E-state index in [-0.39, 0.29) is 0 Å². The lowest BCUT2D eigenvalue weighted by Gasteiger charge is -2.12. The maximum Gasteiger partial charge on any atom is 0.216 e. The number of alkyl halides is 3. The van der Waals surface area contributed by atoms with Crippen LogP contribution >= 0.6 is 34.8 Å². The van der Waals surface area contributed by atoms with E-state index >= 15 is 0 Å². The maximum absolute atomic E-state index is 5.87. The lowest BCUT2D eigenvalue weighted by atomic mass is 10.0. The summed E-state index contributed by atoms with van der Waals surface area (Å²) in [6.45, 7) is 0. The molecule has 0 nitrogen and oxygen atoms in total. The van der Waals surface area contributed by atoms with E-state index in [0.29, 0.717) is 5.56 Å². The zero-order valence-corrected chi connectivity index (χ0v) is 11.1. The molecule has 0 heterocycles. The number of hydrogen-bond donors (Lipinski definition) is 0. The molecule has 0 saturated carbocycles. The Bertz CT molecular complexity index is 582. The minimum atomic E-state index is -1.40. The first-order valence-electron chi connectivity index (χ1n) is 5.26. The van der Waals surface area contributed by atoms with E-state index in [9.17, 15) is 0 Å². The van der Waals surface area contributed by atoms with E-state index in [4.69, 9.17) is 34.8 Å². The Morgan fingerprint density at radius 3 is 2.47 bits per heavy atom. The fraction of sp³-hybridized carbons (Fsp3) is 0.143. The first kappa shape index (κ1) is 11.4. The van der Waals surface area contributed by atoms with Crippen LogP contribution < -0.4 is 0 Å². The first-order valence-corrected chi connectivity index (χ1v) is 6.40. The highest BCUT2D eigenvalue weighted by Crippen LogP contribution is 2.42. The second-order valence-corrected chi connectivity index (χ2v) is 6.38. The monoisotopic (exact) mass is 281 g/mol. The Balaban J connectivity index is 2.13. The Kier molecular flexibility index (Phi) is 2.62. The number of rotatable bonds is 0. The zero-order chi connectivity index (χ0) is 12.0. The Labute approximate surface area is 115 Å². The number of benzene rings is 2. The average Bonchev–Trinajstić information content (AvgIpc) is 2.65. The van der Waals surface area contributed by atoms with Gasteiger partial charge in [-0.25, -0.2) is 0 Å². The van der Waals surface area contributed by atoms with Crippen LogP contribution in [-0.2, 0) is 10.2 Å². The van der Waals surface area contributed by atoms with Crippen molar-refractivity contribution in [3.05, 3.63) is 59.2 Å². The predicted molar refractivity (Wildman–Crippen MR) is 72.8 cm³/mol. The summed E-state index contributed by atoms with van der Waals surface area (Å²) < 4.78 is -1.40. The molecule has 3 rings (SSSR count). The summed E-state index contributed by atoms with van der Waals surface area (Å²) in [6, 6.07) is 15.4. The molecule has 0 amide bonds. The fourth-order valence-corrected chi connectivity index (χ4v) is 2.55. The van der Waals surface area contributed by atoms with Crippen molar-refractivity contribution in [3.63, 3.8) is 0 Å². The molecular formula is C14H8Cl3. The topological polar surface area (TPSA) is 0 Å². The standard InChI is InChI=1S/C14H8Cl3/c15-14(16,17)11-5-6-13-10(8-11)7-9-3-1-2-4-12(9)13/h1-6H,7H2. The largest absolute Gasteiger partial charge is 0.216 e. The second-order valence-electron chi connectivity index (χ2n) is 4.10. The summed E-state index contributed by atoms with van der Waals surface area (Å²) in [7, 11) is 0. The lowest BCUT2D eigenvalue weighted by molar-refractivity contribution is 1.18.